The Balaban J connectivity index is 2.90. The first kappa shape index (κ1) is 12.8. The van der Waals surface area contributed by atoms with E-state index in [9.17, 15) is 0 Å². The molecule has 0 saturated heterocycles. The number of aryl methyl sites for hydroxylation is 2. The molecule has 0 aliphatic carbocycles. The van der Waals surface area contributed by atoms with Crippen molar-refractivity contribution in [3.63, 3.8) is 0 Å². The molecule has 1 nitrogen and oxygen atoms in total. The fraction of sp³-hybridized carbons (Fsp3) is 0.467. The molecule has 0 fully saturated rings. The van der Waals surface area contributed by atoms with E-state index < -0.39 is 0 Å². The van der Waals surface area contributed by atoms with E-state index in [4.69, 9.17) is 0 Å². The normalized spacial score (nSPS) is 10.6. The Morgan fingerprint density at radius 3 is 2.25 bits per heavy atom. The summed E-state index contributed by atoms with van der Waals surface area (Å²) < 4.78 is 0. The number of hydrogen-bond donors (Lipinski definition) is 0. The molecule has 0 bridgehead atoms. The van der Waals surface area contributed by atoms with Crippen LogP contribution in [0.25, 0.3) is 0 Å². The van der Waals surface area contributed by atoms with Crippen molar-refractivity contribution in [1.29, 1.82) is 0 Å². The molecule has 16 heavy (non-hydrogen) atoms. The number of rotatable bonds is 5. The maximum Gasteiger partial charge on any atom is 0.0465 e. The monoisotopic (exact) mass is 217 g/mol. The summed E-state index contributed by atoms with van der Waals surface area (Å²) >= 11 is 0. The van der Waals surface area contributed by atoms with Crippen LogP contribution in [-0.2, 0) is 0 Å². The van der Waals surface area contributed by atoms with E-state index in [2.05, 4.69) is 57.4 Å². The van der Waals surface area contributed by atoms with Crippen LogP contribution in [0.4, 0.5) is 5.69 Å². The first-order valence-electron chi connectivity index (χ1n) is 6.01. The van der Waals surface area contributed by atoms with E-state index in [1.165, 1.54) is 23.2 Å². The van der Waals surface area contributed by atoms with Crippen molar-refractivity contribution in [2.45, 2.75) is 34.1 Å². The van der Waals surface area contributed by atoms with Gasteiger partial charge >= 0.3 is 0 Å². The number of nitrogens with zero attached hydrogens (tertiary/aromatic N) is 1. The third-order valence-corrected chi connectivity index (χ3v) is 2.89. The van der Waals surface area contributed by atoms with Gasteiger partial charge in [-0.25, -0.2) is 0 Å². The van der Waals surface area contributed by atoms with Crippen molar-refractivity contribution in [3.8, 4) is 0 Å². The molecule has 1 aromatic carbocycles. The highest BCUT2D eigenvalue weighted by molar-refractivity contribution is 5.60. The zero-order valence-corrected chi connectivity index (χ0v) is 11.0. The topological polar surface area (TPSA) is 3.24 Å². The summed E-state index contributed by atoms with van der Waals surface area (Å²) in [6, 6.07) is 6.43. The Labute approximate surface area is 99.8 Å². The van der Waals surface area contributed by atoms with Gasteiger partial charge < -0.3 is 4.90 Å². The lowest BCUT2D eigenvalue weighted by molar-refractivity contribution is 0.589. The maximum absolute atomic E-state index is 3.92. The molecule has 0 spiro atoms. The lowest BCUT2D eigenvalue weighted by Gasteiger charge is -2.25. The summed E-state index contributed by atoms with van der Waals surface area (Å²) in [6.07, 6.45) is 3.14. The average molecular weight is 217 g/mol. The summed E-state index contributed by atoms with van der Waals surface area (Å²) in [6.45, 7) is 13.8. The molecule has 0 aliphatic heterocycles. The van der Waals surface area contributed by atoms with Crippen LogP contribution in [0.15, 0.2) is 31.0 Å². The van der Waals surface area contributed by atoms with Crippen LogP contribution in [-0.4, -0.2) is 6.54 Å². The van der Waals surface area contributed by atoms with Crippen molar-refractivity contribution >= 4 is 5.69 Å². The molecule has 0 aromatic heterocycles. The second-order valence-corrected chi connectivity index (χ2v) is 4.80. The Hall–Kier alpha value is -1.24. The fourth-order valence-electron chi connectivity index (χ4n) is 1.95. The minimum atomic E-state index is 0.728. The van der Waals surface area contributed by atoms with Gasteiger partial charge in [-0.15, -0.1) is 0 Å². The van der Waals surface area contributed by atoms with Gasteiger partial charge in [-0.3, -0.25) is 0 Å². The third kappa shape index (κ3) is 3.13. The molecule has 0 radical (unpaired) electrons. The zero-order valence-electron chi connectivity index (χ0n) is 11.0. The van der Waals surface area contributed by atoms with Gasteiger partial charge in [-0.05, 0) is 43.5 Å². The smallest absolute Gasteiger partial charge is 0.0465 e. The number of hydrogen-bond acceptors (Lipinski definition) is 1. The largest absolute Gasteiger partial charge is 0.348 e. The van der Waals surface area contributed by atoms with E-state index in [0.29, 0.717) is 0 Å². The van der Waals surface area contributed by atoms with Gasteiger partial charge in [0.25, 0.3) is 0 Å². The molecule has 0 aliphatic rings. The molecule has 0 unspecified atom stereocenters. The fourth-order valence-corrected chi connectivity index (χ4v) is 1.95. The van der Waals surface area contributed by atoms with Gasteiger partial charge in [0.05, 0.1) is 0 Å². The summed E-state index contributed by atoms with van der Waals surface area (Å²) in [7, 11) is 0. The molecular formula is C15H23N. The molecule has 1 rings (SSSR count). The van der Waals surface area contributed by atoms with Crippen LogP contribution in [0, 0.1) is 19.8 Å². The molecule has 0 saturated carbocycles. The van der Waals surface area contributed by atoms with Crippen molar-refractivity contribution < 1.29 is 0 Å². The van der Waals surface area contributed by atoms with Crippen LogP contribution in [0.1, 0.15) is 31.4 Å². The third-order valence-electron chi connectivity index (χ3n) is 2.89. The predicted molar refractivity (Wildman–Crippen MR) is 72.9 cm³/mol. The van der Waals surface area contributed by atoms with E-state index >= 15 is 0 Å². The quantitative estimate of drug-likeness (QED) is 0.710. The second kappa shape index (κ2) is 5.74. The van der Waals surface area contributed by atoms with E-state index in [-0.39, 0.29) is 0 Å². The van der Waals surface area contributed by atoms with Crippen LogP contribution < -0.4 is 4.90 Å². The summed E-state index contributed by atoms with van der Waals surface area (Å²) in [5.41, 5.74) is 3.96. The molecule has 0 heterocycles. The number of para-hydroxylation sites is 1. The second-order valence-electron chi connectivity index (χ2n) is 4.80. The first-order chi connectivity index (χ1) is 7.56. The Morgan fingerprint density at radius 1 is 1.25 bits per heavy atom. The Bertz CT molecular complexity index is 332. The van der Waals surface area contributed by atoms with Crippen molar-refractivity contribution in [3.05, 3.63) is 42.1 Å². The minimum absolute atomic E-state index is 0.728. The first-order valence-corrected chi connectivity index (χ1v) is 6.01. The molecule has 1 aromatic rings. The standard InChI is InChI=1S/C15H23N/c1-6-16(11-10-12(2)3)15-13(4)8-7-9-14(15)5/h6-9,12H,1,10-11H2,2-5H3. The molecular weight excluding hydrogens is 194 g/mol. The number of benzene rings is 1. The average Bonchev–Trinajstić information content (AvgIpc) is 2.22. The van der Waals surface area contributed by atoms with Gasteiger partial charge in [0, 0.05) is 12.2 Å². The van der Waals surface area contributed by atoms with Gasteiger partial charge in [0.1, 0.15) is 0 Å². The summed E-state index contributed by atoms with van der Waals surface area (Å²) in [4.78, 5) is 2.27. The van der Waals surface area contributed by atoms with Crippen molar-refractivity contribution in [2.75, 3.05) is 11.4 Å². The van der Waals surface area contributed by atoms with Crippen molar-refractivity contribution in [1.82, 2.24) is 0 Å². The summed E-state index contributed by atoms with van der Waals surface area (Å²) in [5, 5.41) is 0. The SMILES string of the molecule is C=CN(CCC(C)C)c1c(C)cccc1C. The highest BCUT2D eigenvalue weighted by Gasteiger charge is 2.09. The van der Waals surface area contributed by atoms with E-state index in [1.54, 1.807) is 0 Å². The van der Waals surface area contributed by atoms with E-state index in [1.807, 2.05) is 6.20 Å². The zero-order chi connectivity index (χ0) is 12.1. The molecule has 0 amide bonds. The number of anilines is 1. The van der Waals surface area contributed by atoms with E-state index in [0.717, 1.165) is 12.5 Å². The molecule has 88 valence electrons. The Morgan fingerprint density at radius 2 is 1.81 bits per heavy atom. The highest BCUT2D eigenvalue weighted by Crippen LogP contribution is 2.25. The predicted octanol–water partition coefficient (Wildman–Crippen LogP) is 4.30. The summed E-state index contributed by atoms with van der Waals surface area (Å²) in [5.74, 6) is 0.728. The van der Waals surface area contributed by atoms with Crippen LogP contribution in [0.2, 0.25) is 0 Å². The molecule has 1 heteroatoms. The minimum Gasteiger partial charge on any atom is -0.348 e. The van der Waals surface area contributed by atoms with Gasteiger partial charge in [-0.1, -0.05) is 38.6 Å². The van der Waals surface area contributed by atoms with Crippen LogP contribution >= 0.6 is 0 Å². The molecule has 0 N–H and O–H groups in total. The highest BCUT2D eigenvalue weighted by atomic mass is 15.1. The van der Waals surface area contributed by atoms with Gasteiger partial charge in [0.2, 0.25) is 0 Å². The lowest BCUT2D eigenvalue weighted by Crippen LogP contribution is -2.20. The maximum atomic E-state index is 3.92. The molecule has 0 atom stereocenters. The van der Waals surface area contributed by atoms with Crippen LogP contribution in [0.3, 0.4) is 0 Å². The lowest BCUT2D eigenvalue weighted by atomic mass is 10.1. The Kier molecular flexibility index (Phi) is 4.60. The van der Waals surface area contributed by atoms with Crippen molar-refractivity contribution in [2.24, 2.45) is 5.92 Å². The van der Waals surface area contributed by atoms with Gasteiger partial charge in [0.15, 0.2) is 0 Å². The van der Waals surface area contributed by atoms with Crippen LogP contribution in [0.5, 0.6) is 0 Å². The van der Waals surface area contributed by atoms with Gasteiger partial charge in [-0.2, -0.15) is 0 Å².